The number of amides is 1. The van der Waals surface area contributed by atoms with Gasteiger partial charge in [0.15, 0.2) is 0 Å². The van der Waals surface area contributed by atoms with Crippen molar-refractivity contribution in [2.24, 2.45) is 5.92 Å². The van der Waals surface area contributed by atoms with E-state index in [0.29, 0.717) is 11.4 Å². The molecule has 0 radical (unpaired) electrons. The summed E-state index contributed by atoms with van der Waals surface area (Å²) in [6, 6.07) is 7.06. The van der Waals surface area contributed by atoms with Gasteiger partial charge in [-0.25, -0.2) is 0 Å². The van der Waals surface area contributed by atoms with Gasteiger partial charge in [-0.2, -0.15) is 0 Å². The fraction of sp³-hybridized carbons (Fsp3) is 0.467. The number of hydrogen-bond acceptors (Lipinski definition) is 3. The molecule has 1 aromatic rings. The van der Waals surface area contributed by atoms with Crippen molar-refractivity contribution in [1.82, 2.24) is 0 Å². The minimum atomic E-state index is -0.270. The molecule has 4 heteroatoms. The molecule has 1 saturated carbocycles. The maximum atomic E-state index is 12.0. The van der Waals surface area contributed by atoms with E-state index in [4.69, 9.17) is 5.73 Å². The van der Waals surface area contributed by atoms with Crippen LogP contribution in [0.15, 0.2) is 24.3 Å². The number of nitrogens with two attached hydrogens (primary N) is 1. The Bertz CT molecular complexity index is 465. The topological polar surface area (TPSA) is 72.2 Å². The second kappa shape index (κ2) is 6.36. The minimum absolute atomic E-state index is 0.0427. The second-order valence-electron chi connectivity index (χ2n) is 5.11. The fourth-order valence-corrected chi connectivity index (χ4v) is 2.53. The van der Waals surface area contributed by atoms with Gasteiger partial charge in [-0.15, -0.1) is 0 Å². The molecule has 0 bridgehead atoms. The highest BCUT2D eigenvalue weighted by Crippen LogP contribution is 2.25. The van der Waals surface area contributed by atoms with Crippen LogP contribution in [0.1, 0.15) is 38.5 Å². The number of nitrogen functional groups attached to an aromatic ring is 1. The van der Waals surface area contributed by atoms with E-state index in [-0.39, 0.29) is 24.0 Å². The van der Waals surface area contributed by atoms with Gasteiger partial charge in [-0.1, -0.05) is 31.4 Å². The molecule has 0 unspecified atom stereocenters. The third-order valence-corrected chi connectivity index (χ3v) is 3.63. The predicted octanol–water partition coefficient (Wildman–Crippen LogP) is 2.75. The Labute approximate surface area is 113 Å². The Morgan fingerprint density at radius 1 is 1.16 bits per heavy atom. The average molecular weight is 260 g/mol. The number of hydrogen-bond donors (Lipinski definition) is 2. The van der Waals surface area contributed by atoms with Crippen LogP contribution >= 0.6 is 0 Å². The summed E-state index contributed by atoms with van der Waals surface area (Å²) in [5, 5.41) is 2.70. The molecule has 2 rings (SSSR count). The zero-order chi connectivity index (χ0) is 13.7. The highest BCUT2D eigenvalue weighted by molar-refractivity contribution is 6.06. The number of anilines is 2. The number of Topliss-reactive ketones (excluding diaryl/α,β-unsaturated/α-hetero) is 1. The molecule has 102 valence electrons. The maximum absolute atomic E-state index is 12.0. The van der Waals surface area contributed by atoms with Crippen LogP contribution in [0.3, 0.4) is 0 Å². The number of carbonyl (C=O) groups is 2. The molecule has 0 spiro atoms. The van der Waals surface area contributed by atoms with Crippen LogP contribution in [0.2, 0.25) is 0 Å². The van der Waals surface area contributed by atoms with Crippen LogP contribution in [0.25, 0.3) is 0 Å². The molecule has 1 aliphatic carbocycles. The van der Waals surface area contributed by atoms with Crippen LogP contribution in [-0.4, -0.2) is 11.7 Å². The van der Waals surface area contributed by atoms with Crippen molar-refractivity contribution in [2.45, 2.75) is 38.5 Å². The Kier molecular flexibility index (Phi) is 4.55. The van der Waals surface area contributed by atoms with E-state index < -0.39 is 0 Å². The number of carbonyl (C=O) groups excluding carboxylic acids is 2. The summed E-state index contributed by atoms with van der Waals surface area (Å²) in [7, 11) is 0. The quantitative estimate of drug-likeness (QED) is 0.646. The van der Waals surface area contributed by atoms with E-state index in [9.17, 15) is 9.59 Å². The summed E-state index contributed by atoms with van der Waals surface area (Å²) in [6.07, 6.45) is 5.22. The lowest BCUT2D eigenvalue weighted by atomic mass is 9.85. The lowest BCUT2D eigenvalue weighted by molar-refractivity contribution is -0.128. The SMILES string of the molecule is Nc1ccccc1NC(=O)CC(=O)C1CCCCC1. The number of nitrogens with one attached hydrogen (secondary N) is 1. The zero-order valence-electron chi connectivity index (χ0n) is 11.0. The molecule has 1 aromatic carbocycles. The van der Waals surface area contributed by atoms with Crippen molar-refractivity contribution in [2.75, 3.05) is 11.1 Å². The van der Waals surface area contributed by atoms with Crippen molar-refractivity contribution in [3.8, 4) is 0 Å². The smallest absolute Gasteiger partial charge is 0.231 e. The molecule has 1 fully saturated rings. The van der Waals surface area contributed by atoms with Crippen molar-refractivity contribution >= 4 is 23.1 Å². The summed E-state index contributed by atoms with van der Waals surface area (Å²) < 4.78 is 0. The molecule has 1 amide bonds. The van der Waals surface area contributed by atoms with Gasteiger partial charge in [0.2, 0.25) is 5.91 Å². The first kappa shape index (κ1) is 13.6. The molecule has 0 saturated heterocycles. The standard InChI is InChI=1S/C15H20N2O2/c16-12-8-4-5-9-13(12)17-15(19)10-14(18)11-6-2-1-3-7-11/h4-5,8-9,11H,1-3,6-7,10,16H2,(H,17,19). The van der Waals surface area contributed by atoms with E-state index in [1.165, 1.54) is 6.42 Å². The molecule has 1 aliphatic rings. The number of rotatable bonds is 4. The van der Waals surface area contributed by atoms with E-state index in [2.05, 4.69) is 5.32 Å². The van der Waals surface area contributed by atoms with Crippen molar-refractivity contribution in [1.29, 1.82) is 0 Å². The summed E-state index contributed by atoms with van der Waals surface area (Å²) >= 11 is 0. The van der Waals surface area contributed by atoms with Gasteiger partial charge >= 0.3 is 0 Å². The number of para-hydroxylation sites is 2. The Morgan fingerprint density at radius 2 is 1.84 bits per heavy atom. The third-order valence-electron chi connectivity index (χ3n) is 3.63. The van der Waals surface area contributed by atoms with Crippen LogP contribution in [0.4, 0.5) is 11.4 Å². The Morgan fingerprint density at radius 3 is 2.53 bits per heavy atom. The monoisotopic (exact) mass is 260 g/mol. The summed E-state index contributed by atoms with van der Waals surface area (Å²) in [5.74, 6) is -0.132. The maximum Gasteiger partial charge on any atom is 0.231 e. The lowest BCUT2D eigenvalue weighted by Gasteiger charge is -2.20. The number of ketones is 1. The molecule has 0 heterocycles. The van der Waals surface area contributed by atoms with Gasteiger partial charge in [-0.3, -0.25) is 9.59 Å². The van der Waals surface area contributed by atoms with Gasteiger partial charge in [0, 0.05) is 5.92 Å². The molecule has 3 N–H and O–H groups in total. The van der Waals surface area contributed by atoms with Gasteiger partial charge in [0.25, 0.3) is 0 Å². The lowest BCUT2D eigenvalue weighted by Crippen LogP contribution is -2.24. The average Bonchev–Trinajstić information content (AvgIpc) is 2.42. The zero-order valence-corrected chi connectivity index (χ0v) is 11.0. The predicted molar refractivity (Wildman–Crippen MR) is 75.7 cm³/mol. The normalized spacial score (nSPS) is 16.0. The third kappa shape index (κ3) is 3.81. The Balaban J connectivity index is 1.87. The molecule has 0 aromatic heterocycles. The van der Waals surface area contributed by atoms with Gasteiger partial charge in [-0.05, 0) is 25.0 Å². The van der Waals surface area contributed by atoms with E-state index >= 15 is 0 Å². The van der Waals surface area contributed by atoms with Crippen LogP contribution in [0.5, 0.6) is 0 Å². The van der Waals surface area contributed by atoms with Crippen LogP contribution < -0.4 is 11.1 Å². The molecular weight excluding hydrogens is 240 g/mol. The summed E-state index contributed by atoms with van der Waals surface area (Å²) in [5.41, 5.74) is 6.83. The van der Waals surface area contributed by atoms with Crippen molar-refractivity contribution in [3.05, 3.63) is 24.3 Å². The molecule has 0 atom stereocenters. The summed E-state index contributed by atoms with van der Waals surface area (Å²) in [6.45, 7) is 0. The highest BCUT2D eigenvalue weighted by atomic mass is 16.2. The van der Waals surface area contributed by atoms with E-state index in [1.54, 1.807) is 24.3 Å². The van der Waals surface area contributed by atoms with Crippen LogP contribution in [-0.2, 0) is 9.59 Å². The second-order valence-corrected chi connectivity index (χ2v) is 5.11. The summed E-state index contributed by atoms with van der Waals surface area (Å²) in [4.78, 5) is 23.8. The largest absolute Gasteiger partial charge is 0.397 e. The molecular formula is C15H20N2O2. The van der Waals surface area contributed by atoms with Crippen molar-refractivity contribution in [3.63, 3.8) is 0 Å². The van der Waals surface area contributed by atoms with Gasteiger partial charge in [0.1, 0.15) is 5.78 Å². The van der Waals surface area contributed by atoms with Gasteiger partial charge < -0.3 is 11.1 Å². The minimum Gasteiger partial charge on any atom is -0.397 e. The first-order chi connectivity index (χ1) is 9.16. The molecule has 4 nitrogen and oxygen atoms in total. The van der Waals surface area contributed by atoms with Crippen molar-refractivity contribution < 1.29 is 9.59 Å². The van der Waals surface area contributed by atoms with E-state index in [0.717, 1.165) is 25.7 Å². The molecule has 19 heavy (non-hydrogen) atoms. The fourth-order valence-electron chi connectivity index (χ4n) is 2.53. The van der Waals surface area contributed by atoms with E-state index in [1.807, 2.05) is 0 Å². The van der Waals surface area contributed by atoms with Gasteiger partial charge in [0.05, 0.1) is 17.8 Å². The molecule has 0 aliphatic heterocycles. The Hall–Kier alpha value is -1.84. The number of benzene rings is 1. The van der Waals surface area contributed by atoms with Crippen LogP contribution in [0, 0.1) is 5.92 Å². The first-order valence-electron chi connectivity index (χ1n) is 6.84. The highest BCUT2D eigenvalue weighted by Gasteiger charge is 2.23. The first-order valence-corrected chi connectivity index (χ1v) is 6.84.